The molecule has 2 rings (SSSR count). The number of amides is 9. The third-order valence-electron chi connectivity index (χ3n) is 10.4. The Bertz CT molecular complexity index is 1850. The summed E-state index contributed by atoms with van der Waals surface area (Å²) in [5, 5.41) is 59.7. The Kier molecular flexibility index (Phi) is 22.2. The smallest absolute Gasteiger partial charge is 0.305 e. The zero-order valence-corrected chi connectivity index (χ0v) is 38.5. The average molecular weight is 959 g/mol. The molecule has 12 N–H and O–H groups in total. The van der Waals surface area contributed by atoms with Crippen molar-refractivity contribution < 1.29 is 78.0 Å². The van der Waals surface area contributed by atoms with Crippen LogP contribution in [0.15, 0.2) is 0 Å². The number of likely N-dealkylation sites (N-methyl/N-ethyl adjacent to an activating group) is 1. The Balaban J connectivity index is 2.15. The van der Waals surface area contributed by atoms with Gasteiger partial charge in [-0.25, -0.2) is 5.01 Å². The van der Waals surface area contributed by atoms with Gasteiger partial charge in [0.2, 0.25) is 47.3 Å². The van der Waals surface area contributed by atoms with Crippen LogP contribution in [0.1, 0.15) is 73.1 Å². The van der Waals surface area contributed by atoms with Crippen molar-refractivity contribution in [3.05, 3.63) is 0 Å². The Morgan fingerprint density at radius 1 is 0.667 bits per heavy atom. The molecule has 9 amide bonds. The zero-order chi connectivity index (χ0) is 50.2. The van der Waals surface area contributed by atoms with Gasteiger partial charge < -0.3 is 63.0 Å². The van der Waals surface area contributed by atoms with Gasteiger partial charge in [-0.05, 0) is 51.0 Å². The van der Waals surface area contributed by atoms with Gasteiger partial charge in [0.15, 0.2) is 0 Å². The number of nitrogens with zero attached hydrogens (tertiary/aromatic N) is 2. The van der Waals surface area contributed by atoms with Gasteiger partial charge in [0, 0.05) is 26.1 Å². The predicted molar refractivity (Wildman–Crippen MR) is 230 cm³/mol. The van der Waals surface area contributed by atoms with Crippen molar-refractivity contribution in [2.45, 2.75) is 128 Å². The molecule has 370 valence electrons. The van der Waals surface area contributed by atoms with E-state index in [1.54, 1.807) is 20.1 Å². The molecule has 27 heteroatoms. The molecule has 0 aromatic rings. The summed E-state index contributed by atoms with van der Waals surface area (Å²) in [5.41, 5.74) is 0. The summed E-state index contributed by atoms with van der Waals surface area (Å²) in [7, 11) is 1.24. The molecule has 2 heterocycles. The number of carboxylic acids is 3. The van der Waals surface area contributed by atoms with E-state index in [0.717, 1.165) is 5.01 Å². The monoisotopic (exact) mass is 958 g/mol. The van der Waals surface area contributed by atoms with Crippen LogP contribution in [0.4, 0.5) is 0 Å². The van der Waals surface area contributed by atoms with Crippen molar-refractivity contribution in [2.75, 3.05) is 32.1 Å². The number of hydrazine groups is 1. The van der Waals surface area contributed by atoms with Gasteiger partial charge in [-0.3, -0.25) is 62.5 Å². The second kappa shape index (κ2) is 26.2. The lowest BCUT2D eigenvalue weighted by molar-refractivity contribution is -0.147. The molecule has 0 radical (unpaired) electrons. The van der Waals surface area contributed by atoms with Crippen LogP contribution in [0.3, 0.4) is 0 Å². The summed E-state index contributed by atoms with van der Waals surface area (Å²) >= 11 is 1.35. The summed E-state index contributed by atoms with van der Waals surface area (Å²) in [5.74, 6) is -13.0. The molecule has 2 aliphatic heterocycles. The highest BCUT2D eigenvalue weighted by Crippen LogP contribution is 2.26. The minimum atomic E-state index is -1.79. The second-order valence-electron chi connectivity index (χ2n) is 16.4. The van der Waals surface area contributed by atoms with E-state index in [-0.39, 0.29) is 38.3 Å². The Morgan fingerprint density at radius 3 is 1.73 bits per heavy atom. The van der Waals surface area contributed by atoms with Gasteiger partial charge >= 0.3 is 17.9 Å². The minimum Gasteiger partial charge on any atom is -0.481 e. The van der Waals surface area contributed by atoms with E-state index in [2.05, 4.69) is 42.5 Å². The summed E-state index contributed by atoms with van der Waals surface area (Å²) in [6.07, 6.45) is -1.85. The lowest BCUT2D eigenvalue weighted by Crippen LogP contribution is -2.60. The molecule has 0 bridgehead atoms. The van der Waals surface area contributed by atoms with Gasteiger partial charge in [0.25, 0.3) is 5.91 Å². The molecule has 10 atom stereocenters. The molecule has 0 aromatic heterocycles. The lowest BCUT2D eigenvalue weighted by Gasteiger charge is -2.27. The topological polar surface area (TPSA) is 388 Å². The molecule has 66 heavy (non-hydrogen) atoms. The molecule has 26 nitrogen and oxygen atoms in total. The highest BCUT2D eigenvalue weighted by molar-refractivity contribution is 7.98. The third-order valence-corrected chi connectivity index (χ3v) is 11.0. The standard InChI is InChI=1S/C39H62N10O16S/c1-17(2)12-22(36(62)44-23(14-28(53)54)33(59)40-6)43-32(58)19(4)41-35(61)24(15-29(55)56)45-37(63)26-8-10-48-16-25(39(65)49(26)48)46-38(64)30(20(5)50)47-34(60)21(9-11-66-7)42-31(57)18(3)13-27(51)52/h17-26,30,50H,8-16H2,1-7H3,(H,40,59)(H,41,61)(H,42,57)(H,43,58)(H,44,62)(H,45,63)(H,46,64)(H,47,60)(H,51,52)(H,53,54)(H,55,56). The predicted octanol–water partition coefficient (Wildman–Crippen LogP) is -4.78. The first-order valence-corrected chi connectivity index (χ1v) is 22.4. The number of nitrogens with one attached hydrogen (secondary N) is 8. The second-order valence-corrected chi connectivity index (χ2v) is 17.4. The molecule has 2 aliphatic rings. The number of hydrogen-bond donors (Lipinski definition) is 12. The molecule has 0 saturated carbocycles. The highest BCUT2D eigenvalue weighted by Gasteiger charge is 2.50. The van der Waals surface area contributed by atoms with Crippen molar-refractivity contribution in [1.82, 2.24) is 52.6 Å². The van der Waals surface area contributed by atoms with Crippen LogP contribution in [0, 0.1) is 11.8 Å². The third kappa shape index (κ3) is 17.0. The van der Waals surface area contributed by atoms with E-state index < -0.39 is 151 Å². The zero-order valence-electron chi connectivity index (χ0n) is 37.7. The van der Waals surface area contributed by atoms with Gasteiger partial charge in [0.1, 0.15) is 48.3 Å². The van der Waals surface area contributed by atoms with Crippen LogP contribution >= 0.6 is 11.8 Å². The molecular formula is C39H62N10O16S. The molecule has 0 aliphatic carbocycles. The van der Waals surface area contributed by atoms with Crippen LogP contribution in [-0.2, 0) is 57.5 Å². The Labute approximate surface area is 384 Å². The Morgan fingerprint density at radius 2 is 1.20 bits per heavy atom. The van der Waals surface area contributed by atoms with Crippen molar-refractivity contribution in [1.29, 1.82) is 0 Å². The first-order valence-electron chi connectivity index (χ1n) is 21.1. The van der Waals surface area contributed by atoms with E-state index in [4.69, 9.17) is 5.11 Å². The molecule has 0 spiro atoms. The fraction of sp³-hybridized carbons (Fsp3) is 0.692. The molecule has 10 unspecified atom stereocenters. The van der Waals surface area contributed by atoms with E-state index in [1.165, 1.54) is 44.6 Å². The quantitative estimate of drug-likeness (QED) is 0.0368. The normalized spacial score (nSPS) is 19.3. The van der Waals surface area contributed by atoms with E-state index in [9.17, 15) is 72.9 Å². The number of hydrogen-bond acceptors (Lipinski definition) is 15. The Hall–Kier alpha value is -6.09. The number of carbonyl (C=O) groups excluding carboxylic acids is 9. The number of carbonyl (C=O) groups is 12. The number of fused-ring (bicyclic) bond motifs is 1. The molecule has 2 saturated heterocycles. The van der Waals surface area contributed by atoms with Crippen LogP contribution in [0.5, 0.6) is 0 Å². The van der Waals surface area contributed by atoms with Crippen molar-refractivity contribution >= 4 is 82.8 Å². The van der Waals surface area contributed by atoms with Gasteiger partial charge in [-0.1, -0.05) is 20.8 Å². The molecular weight excluding hydrogens is 897 g/mol. The van der Waals surface area contributed by atoms with Gasteiger partial charge in [0.05, 0.1) is 25.4 Å². The highest BCUT2D eigenvalue weighted by atomic mass is 32.2. The van der Waals surface area contributed by atoms with Crippen LogP contribution in [0.25, 0.3) is 0 Å². The number of aliphatic hydroxyl groups excluding tert-OH is 1. The first-order chi connectivity index (χ1) is 30.8. The van der Waals surface area contributed by atoms with E-state index in [1.807, 2.05) is 0 Å². The summed E-state index contributed by atoms with van der Waals surface area (Å²) in [4.78, 5) is 153. The number of aliphatic hydroxyl groups is 1. The van der Waals surface area contributed by atoms with Crippen molar-refractivity contribution in [3.63, 3.8) is 0 Å². The van der Waals surface area contributed by atoms with Crippen LogP contribution in [-0.4, -0.2) is 188 Å². The number of thioether (sulfide) groups is 1. The largest absolute Gasteiger partial charge is 0.481 e. The maximum Gasteiger partial charge on any atom is 0.305 e. The van der Waals surface area contributed by atoms with Crippen LogP contribution in [0.2, 0.25) is 0 Å². The van der Waals surface area contributed by atoms with Gasteiger partial charge in [-0.15, -0.1) is 0 Å². The number of aliphatic carboxylic acids is 3. The number of carboxylic acid groups (broad SMARTS) is 3. The first kappa shape index (κ1) is 56.0. The van der Waals surface area contributed by atoms with Gasteiger partial charge in [-0.2, -0.15) is 11.8 Å². The minimum absolute atomic E-state index is 0.0194. The van der Waals surface area contributed by atoms with Crippen molar-refractivity contribution in [2.24, 2.45) is 11.8 Å². The molecule has 0 aromatic carbocycles. The fourth-order valence-corrected chi connectivity index (χ4v) is 7.40. The fourth-order valence-electron chi connectivity index (χ4n) is 6.92. The maximum atomic E-state index is 13.7. The summed E-state index contributed by atoms with van der Waals surface area (Å²) in [6.45, 7) is 7.16. The average Bonchev–Trinajstić information content (AvgIpc) is 3.77. The van der Waals surface area contributed by atoms with E-state index >= 15 is 0 Å². The van der Waals surface area contributed by atoms with Crippen molar-refractivity contribution in [3.8, 4) is 0 Å². The molecule has 2 fully saturated rings. The SMILES string of the molecule is CNC(=O)C(CC(=O)O)NC(=O)C(CC(C)C)NC(=O)C(C)NC(=O)C(CC(=O)O)NC(=O)C1CCN2CC(NC(=O)C(NC(=O)C(CCSC)NC(=O)C(C)CC(=O)O)C(C)O)C(=O)N12. The van der Waals surface area contributed by atoms with E-state index in [0.29, 0.717) is 5.75 Å². The summed E-state index contributed by atoms with van der Waals surface area (Å²) < 4.78 is 0. The maximum absolute atomic E-state index is 13.7. The number of rotatable bonds is 27. The lowest BCUT2D eigenvalue weighted by atomic mass is 10.0. The summed E-state index contributed by atoms with van der Waals surface area (Å²) in [6, 6.07) is -11.4. The van der Waals surface area contributed by atoms with Crippen LogP contribution < -0.4 is 42.5 Å².